The molecule has 1 aromatic heterocycles. The van der Waals surface area contributed by atoms with Crippen LogP contribution < -0.4 is 5.43 Å². The van der Waals surface area contributed by atoms with E-state index in [0.717, 1.165) is 28.3 Å². The number of hydrogen-bond acceptors (Lipinski definition) is 3. The first-order chi connectivity index (χ1) is 12.0. The second kappa shape index (κ2) is 6.93. The summed E-state index contributed by atoms with van der Waals surface area (Å²) < 4.78 is 1.96. The second-order valence-corrected chi connectivity index (χ2v) is 6.50. The molecule has 1 N–H and O–H groups in total. The molecule has 2 aromatic carbocycles. The van der Waals surface area contributed by atoms with Crippen molar-refractivity contribution in [1.29, 1.82) is 0 Å². The van der Waals surface area contributed by atoms with Gasteiger partial charge >= 0.3 is 0 Å². The Morgan fingerprint density at radius 1 is 0.920 bits per heavy atom. The molecule has 0 radical (unpaired) electrons. The fraction of sp³-hybridized carbons (Fsp3) is 0.238. The summed E-state index contributed by atoms with van der Waals surface area (Å²) in [4.78, 5) is 0. The number of hydrogen-bond donors (Lipinski definition) is 1. The molecule has 0 aliphatic carbocycles. The average Bonchev–Trinajstić information content (AvgIpc) is 2.87. The number of aryl methyl sites for hydroxylation is 4. The molecule has 4 heteroatoms. The van der Waals surface area contributed by atoms with Crippen LogP contribution in [-0.2, 0) is 0 Å². The van der Waals surface area contributed by atoms with Crippen molar-refractivity contribution in [2.75, 3.05) is 5.43 Å². The maximum absolute atomic E-state index is 4.66. The van der Waals surface area contributed by atoms with Gasteiger partial charge in [-0.25, -0.2) is 4.68 Å². The van der Waals surface area contributed by atoms with Crippen molar-refractivity contribution in [2.24, 2.45) is 5.10 Å². The SMILES string of the molecule is Cc1ccc(-n2nc(C)c(/C=N/Nc3ccc(C)c(C)c3)c2C)cc1. The summed E-state index contributed by atoms with van der Waals surface area (Å²) in [6.45, 7) is 10.4. The van der Waals surface area contributed by atoms with Crippen LogP contribution in [0.25, 0.3) is 5.69 Å². The Balaban J connectivity index is 1.83. The molecule has 0 fully saturated rings. The Bertz CT molecular complexity index is 918. The van der Waals surface area contributed by atoms with Crippen molar-refractivity contribution in [3.8, 4) is 5.69 Å². The molecule has 0 amide bonds. The Hall–Kier alpha value is -2.88. The molecule has 4 nitrogen and oxygen atoms in total. The van der Waals surface area contributed by atoms with E-state index in [1.165, 1.54) is 16.7 Å². The van der Waals surface area contributed by atoms with E-state index in [1.54, 1.807) is 0 Å². The van der Waals surface area contributed by atoms with Gasteiger partial charge in [0.05, 0.1) is 29.0 Å². The molecule has 0 saturated heterocycles. The van der Waals surface area contributed by atoms with Gasteiger partial charge in [-0.1, -0.05) is 23.8 Å². The molecule has 0 unspecified atom stereocenters. The highest BCUT2D eigenvalue weighted by Gasteiger charge is 2.11. The van der Waals surface area contributed by atoms with E-state index in [-0.39, 0.29) is 0 Å². The van der Waals surface area contributed by atoms with E-state index in [1.807, 2.05) is 23.9 Å². The quantitative estimate of drug-likeness (QED) is 0.547. The number of anilines is 1. The highest BCUT2D eigenvalue weighted by Crippen LogP contribution is 2.18. The Morgan fingerprint density at radius 2 is 1.64 bits per heavy atom. The van der Waals surface area contributed by atoms with Gasteiger partial charge in [0.2, 0.25) is 0 Å². The van der Waals surface area contributed by atoms with Gasteiger partial charge in [0.15, 0.2) is 0 Å². The lowest BCUT2D eigenvalue weighted by Gasteiger charge is -2.05. The Morgan fingerprint density at radius 3 is 2.32 bits per heavy atom. The van der Waals surface area contributed by atoms with Gasteiger partial charge in [-0.3, -0.25) is 5.43 Å². The molecule has 0 bridgehead atoms. The zero-order valence-corrected chi connectivity index (χ0v) is 15.5. The molecular formula is C21H24N4. The van der Waals surface area contributed by atoms with E-state index < -0.39 is 0 Å². The van der Waals surface area contributed by atoms with E-state index in [4.69, 9.17) is 0 Å². The highest BCUT2D eigenvalue weighted by molar-refractivity contribution is 5.83. The van der Waals surface area contributed by atoms with E-state index in [9.17, 15) is 0 Å². The molecule has 0 atom stereocenters. The zero-order chi connectivity index (χ0) is 18.0. The minimum atomic E-state index is 0.962. The summed E-state index contributed by atoms with van der Waals surface area (Å²) >= 11 is 0. The number of benzene rings is 2. The molecule has 0 aliphatic rings. The van der Waals surface area contributed by atoms with Crippen LogP contribution in [-0.4, -0.2) is 16.0 Å². The smallest absolute Gasteiger partial charge is 0.0689 e. The number of hydrazone groups is 1. The summed E-state index contributed by atoms with van der Waals surface area (Å²) in [5, 5.41) is 9.06. The average molecular weight is 332 g/mol. The summed E-state index contributed by atoms with van der Waals surface area (Å²) in [5.41, 5.74) is 12.0. The second-order valence-electron chi connectivity index (χ2n) is 6.50. The van der Waals surface area contributed by atoms with Crippen LogP contribution >= 0.6 is 0 Å². The predicted octanol–water partition coefficient (Wildman–Crippen LogP) is 4.86. The van der Waals surface area contributed by atoms with Crippen molar-refractivity contribution in [1.82, 2.24) is 9.78 Å². The molecule has 128 valence electrons. The number of rotatable bonds is 4. The lowest BCUT2D eigenvalue weighted by Crippen LogP contribution is -1.99. The van der Waals surface area contributed by atoms with Gasteiger partial charge in [0.1, 0.15) is 0 Å². The van der Waals surface area contributed by atoms with E-state index >= 15 is 0 Å². The zero-order valence-electron chi connectivity index (χ0n) is 15.5. The van der Waals surface area contributed by atoms with Crippen LogP contribution in [0.2, 0.25) is 0 Å². The van der Waals surface area contributed by atoms with Crippen molar-refractivity contribution in [3.05, 3.63) is 76.1 Å². The topological polar surface area (TPSA) is 42.2 Å². The maximum atomic E-state index is 4.66. The summed E-state index contributed by atoms with van der Waals surface area (Å²) in [6.07, 6.45) is 1.84. The predicted molar refractivity (Wildman–Crippen MR) is 105 cm³/mol. The minimum absolute atomic E-state index is 0.962. The van der Waals surface area contributed by atoms with E-state index in [2.05, 4.69) is 79.7 Å². The third-order valence-electron chi connectivity index (χ3n) is 4.52. The van der Waals surface area contributed by atoms with Gasteiger partial charge in [0.25, 0.3) is 0 Å². The fourth-order valence-corrected chi connectivity index (χ4v) is 2.76. The third-order valence-corrected chi connectivity index (χ3v) is 4.52. The van der Waals surface area contributed by atoms with Crippen LogP contribution in [0.5, 0.6) is 0 Å². The molecule has 25 heavy (non-hydrogen) atoms. The van der Waals surface area contributed by atoms with Crippen LogP contribution in [0.3, 0.4) is 0 Å². The van der Waals surface area contributed by atoms with Crippen molar-refractivity contribution in [2.45, 2.75) is 34.6 Å². The van der Waals surface area contributed by atoms with Crippen LogP contribution in [0.4, 0.5) is 5.69 Å². The standard InChI is InChI=1S/C21H24N4/c1-14-6-10-20(11-7-14)25-18(5)21(17(4)24-25)13-22-23-19-9-8-15(2)16(3)12-19/h6-13,23H,1-5H3/b22-13+. The van der Waals surface area contributed by atoms with Crippen molar-refractivity contribution < 1.29 is 0 Å². The lowest BCUT2D eigenvalue weighted by molar-refractivity contribution is 0.833. The molecule has 3 aromatic rings. The van der Waals surface area contributed by atoms with Gasteiger partial charge in [0, 0.05) is 5.56 Å². The summed E-state index contributed by atoms with van der Waals surface area (Å²) in [5.74, 6) is 0. The van der Waals surface area contributed by atoms with E-state index in [0.29, 0.717) is 0 Å². The van der Waals surface area contributed by atoms with Gasteiger partial charge in [-0.05, 0) is 70.0 Å². The first-order valence-corrected chi connectivity index (χ1v) is 8.45. The summed E-state index contributed by atoms with van der Waals surface area (Å²) in [7, 11) is 0. The van der Waals surface area contributed by atoms with Crippen molar-refractivity contribution in [3.63, 3.8) is 0 Å². The first kappa shape index (κ1) is 17.0. The fourth-order valence-electron chi connectivity index (χ4n) is 2.76. The largest absolute Gasteiger partial charge is 0.278 e. The molecule has 3 rings (SSSR count). The molecular weight excluding hydrogens is 308 g/mol. The lowest BCUT2D eigenvalue weighted by atomic mass is 10.1. The van der Waals surface area contributed by atoms with Crippen LogP contribution in [0.1, 0.15) is 33.6 Å². The third kappa shape index (κ3) is 3.63. The van der Waals surface area contributed by atoms with Gasteiger partial charge in [-0.2, -0.15) is 10.2 Å². The van der Waals surface area contributed by atoms with Gasteiger partial charge in [-0.15, -0.1) is 0 Å². The molecule has 0 spiro atoms. The summed E-state index contributed by atoms with van der Waals surface area (Å²) in [6, 6.07) is 14.6. The Kier molecular flexibility index (Phi) is 4.70. The Labute approximate surface area is 149 Å². The van der Waals surface area contributed by atoms with Crippen LogP contribution in [0, 0.1) is 34.6 Å². The minimum Gasteiger partial charge on any atom is -0.278 e. The first-order valence-electron chi connectivity index (χ1n) is 8.45. The number of aromatic nitrogens is 2. The monoisotopic (exact) mass is 332 g/mol. The molecule has 0 aliphatic heterocycles. The number of nitrogens with one attached hydrogen (secondary N) is 1. The molecule has 0 saturated carbocycles. The van der Waals surface area contributed by atoms with Gasteiger partial charge < -0.3 is 0 Å². The molecule has 1 heterocycles. The normalized spacial score (nSPS) is 11.2. The van der Waals surface area contributed by atoms with Crippen LogP contribution in [0.15, 0.2) is 47.6 Å². The highest BCUT2D eigenvalue weighted by atomic mass is 15.3. The van der Waals surface area contributed by atoms with Crippen molar-refractivity contribution >= 4 is 11.9 Å². The number of nitrogens with zero attached hydrogens (tertiary/aromatic N) is 3. The maximum Gasteiger partial charge on any atom is 0.0689 e.